The minimum Gasteiger partial charge on any atom is -0.347 e. The molecule has 0 unspecified atom stereocenters. The lowest BCUT2D eigenvalue weighted by molar-refractivity contribution is 0.628. The van der Waals surface area contributed by atoms with Crippen LogP contribution in [0.1, 0.15) is 31.0 Å². The number of benzene rings is 1. The number of halogens is 1. The van der Waals surface area contributed by atoms with Crippen molar-refractivity contribution in [1.29, 1.82) is 0 Å². The first-order chi connectivity index (χ1) is 10.4. The Bertz CT molecular complexity index is 661. The second-order valence-electron chi connectivity index (χ2n) is 5.78. The molecule has 0 fully saturated rings. The maximum Gasteiger partial charge on any atom is 0.225 e. The quantitative estimate of drug-likeness (QED) is 0.775. The van der Waals surface area contributed by atoms with Crippen molar-refractivity contribution in [3.63, 3.8) is 0 Å². The number of aromatic nitrogens is 2. The van der Waals surface area contributed by atoms with Gasteiger partial charge < -0.3 is 4.90 Å². The summed E-state index contributed by atoms with van der Waals surface area (Å²) in [6.07, 6.45) is 2.54. The van der Waals surface area contributed by atoms with Crippen molar-refractivity contribution in [2.24, 2.45) is 0 Å². The average molecular weight is 299 g/mol. The van der Waals surface area contributed by atoms with Gasteiger partial charge in [0.1, 0.15) is 5.82 Å². The molecule has 0 saturated carbocycles. The third-order valence-electron chi connectivity index (χ3n) is 3.44. The van der Waals surface area contributed by atoms with Crippen LogP contribution in [0.3, 0.4) is 0 Å². The number of hydrogen-bond donors (Lipinski definition) is 0. The van der Waals surface area contributed by atoms with Crippen LogP contribution in [0.15, 0.2) is 36.9 Å². The summed E-state index contributed by atoms with van der Waals surface area (Å²) in [6.45, 7) is 8.06. The fraction of sp³-hybridized carbons (Fsp3) is 0.333. The Morgan fingerprint density at radius 1 is 1.18 bits per heavy atom. The highest BCUT2D eigenvalue weighted by Crippen LogP contribution is 2.30. The molecule has 2 aromatic rings. The maximum absolute atomic E-state index is 13.2. The van der Waals surface area contributed by atoms with Crippen LogP contribution in [-0.2, 0) is 6.42 Å². The summed E-state index contributed by atoms with van der Waals surface area (Å²) in [5, 5.41) is 0. The van der Waals surface area contributed by atoms with Crippen molar-refractivity contribution in [2.75, 3.05) is 19.0 Å². The van der Waals surface area contributed by atoms with Gasteiger partial charge in [-0.25, -0.2) is 14.4 Å². The second-order valence-corrected chi connectivity index (χ2v) is 5.78. The summed E-state index contributed by atoms with van der Waals surface area (Å²) in [5.41, 5.74) is 3.81. The fourth-order valence-corrected chi connectivity index (χ4v) is 2.36. The van der Waals surface area contributed by atoms with E-state index in [9.17, 15) is 4.39 Å². The summed E-state index contributed by atoms with van der Waals surface area (Å²) < 4.78 is 13.2. The normalized spacial score (nSPS) is 10.8. The van der Waals surface area contributed by atoms with E-state index in [2.05, 4.69) is 30.4 Å². The topological polar surface area (TPSA) is 29.0 Å². The highest BCUT2D eigenvalue weighted by molar-refractivity contribution is 5.66. The molecule has 0 spiro atoms. The lowest BCUT2D eigenvalue weighted by Crippen LogP contribution is -2.16. The van der Waals surface area contributed by atoms with E-state index >= 15 is 0 Å². The van der Waals surface area contributed by atoms with E-state index in [4.69, 9.17) is 0 Å². The minimum atomic E-state index is -0.250. The lowest BCUT2D eigenvalue weighted by atomic mass is 9.96. The molecule has 0 bridgehead atoms. The summed E-state index contributed by atoms with van der Waals surface area (Å²) in [4.78, 5) is 11.3. The Morgan fingerprint density at radius 2 is 1.82 bits per heavy atom. The van der Waals surface area contributed by atoms with Gasteiger partial charge in [-0.1, -0.05) is 19.9 Å². The summed E-state index contributed by atoms with van der Waals surface area (Å²) in [5.74, 6) is 0.687. The number of rotatable bonds is 5. The molecule has 1 aromatic heterocycles. The smallest absolute Gasteiger partial charge is 0.225 e. The standard InChI is InChI=1S/C18H22FN3/c1-6-7-15-16(12(2)3)20-18(22(4)5)21-17(15)13-8-10-14(19)11-9-13/h6,8-12H,1,7H2,2-5H3. The fourth-order valence-electron chi connectivity index (χ4n) is 2.36. The van der Waals surface area contributed by atoms with Crippen LogP contribution in [0.4, 0.5) is 10.3 Å². The van der Waals surface area contributed by atoms with Gasteiger partial charge in [0, 0.05) is 25.2 Å². The molecule has 0 saturated heterocycles. The zero-order valence-corrected chi connectivity index (χ0v) is 13.6. The number of allylic oxidation sites excluding steroid dienone is 1. The highest BCUT2D eigenvalue weighted by Gasteiger charge is 2.18. The van der Waals surface area contributed by atoms with Gasteiger partial charge in [-0.2, -0.15) is 0 Å². The molecule has 1 aromatic carbocycles. The summed E-state index contributed by atoms with van der Waals surface area (Å²) in [7, 11) is 3.84. The van der Waals surface area contributed by atoms with Crippen LogP contribution in [0.25, 0.3) is 11.3 Å². The van der Waals surface area contributed by atoms with Crippen molar-refractivity contribution < 1.29 is 4.39 Å². The van der Waals surface area contributed by atoms with Crippen LogP contribution in [0.5, 0.6) is 0 Å². The van der Waals surface area contributed by atoms with E-state index in [0.29, 0.717) is 12.4 Å². The van der Waals surface area contributed by atoms with E-state index in [-0.39, 0.29) is 11.7 Å². The second kappa shape index (κ2) is 6.69. The summed E-state index contributed by atoms with van der Waals surface area (Å²) >= 11 is 0. The van der Waals surface area contributed by atoms with Crippen LogP contribution in [-0.4, -0.2) is 24.1 Å². The van der Waals surface area contributed by atoms with Gasteiger partial charge >= 0.3 is 0 Å². The molecule has 0 radical (unpaired) electrons. The Hall–Kier alpha value is -2.23. The van der Waals surface area contributed by atoms with Crippen LogP contribution < -0.4 is 4.90 Å². The van der Waals surface area contributed by atoms with Gasteiger partial charge in [0.2, 0.25) is 5.95 Å². The molecule has 0 aliphatic heterocycles. The van der Waals surface area contributed by atoms with E-state index < -0.39 is 0 Å². The first-order valence-electron chi connectivity index (χ1n) is 7.39. The number of anilines is 1. The van der Waals surface area contributed by atoms with Crippen LogP contribution in [0.2, 0.25) is 0 Å². The number of nitrogens with zero attached hydrogens (tertiary/aromatic N) is 3. The van der Waals surface area contributed by atoms with Gasteiger partial charge in [-0.3, -0.25) is 0 Å². The molecule has 116 valence electrons. The predicted octanol–water partition coefficient (Wildman–Crippen LogP) is 4.20. The molecule has 0 atom stereocenters. The van der Waals surface area contributed by atoms with Gasteiger partial charge in [-0.05, 0) is 36.6 Å². The minimum absolute atomic E-state index is 0.250. The molecule has 3 nitrogen and oxygen atoms in total. The molecule has 0 amide bonds. The SMILES string of the molecule is C=CCc1c(-c2ccc(F)cc2)nc(N(C)C)nc1C(C)C. The van der Waals surface area contributed by atoms with E-state index in [1.54, 1.807) is 12.1 Å². The van der Waals surface area contributed by atoms with E-state index in [1.807, 2.05) is 25.1 Å². The Kier molecular flexibility index (Phi) is 4.91. The molecule has 0 aliphatic rings. The molecule has 2 rings (SSSR count). The van der Waals surface area contributed by atoms with Crippen molar-refractivity contribution in [3.05, 3.63) is 54.0 Å². The summed E-state index contributed by atoms with van der Waals surface area (Å²) in [6, 6.07) is 6.43. The molecule has 0 aliphatic carbocycles. The zero-order valence-electron chi connectivity index (χ0n) is 13.6. The van der Waals surface area contributed by atoms with Crippen molar-refractivity contribution in [2.45, 2.75) is 26.2 Å². The third-order valence-corrected chi connectivity index (χ3v) is 3.44. The van der Waals surface area contributed by atoms with E-state index in [1.165, 1.54) is 12.1 Å². The monoisotopic (exact) mass is 299 g/mol. The van der Waals surface area contributed by atoms with Crippen LogP contribution >= 0.6 is 0 Å². The predicted molar refractivity (Wildman–Crippen MR) is 89.7 cm³/mol. The van der Waals surface area contributed by atoms with Crippen molar-refractivity contribution in [1.82, 2.24) is 9.97 Å². The van der Waals surface area contributed by atoms with Crippen molar-refractivity contribution >= 4 is 5.95 Å². The van der Waals surface area contributed by atoms with Gasteiger partial charge in [0.25, 0.3) is 0 Å². The molecular formula is C18H22FN3. The van der Waals surface area contributed by atoms with Gasteiger partial charge in [-0.15, -0.1) is 6.58 Å². The largest absolute Gasteiger partial charge is 0.347 e. The third kappa shape index (κ3) is 3.32. The van der Waals surface area contributed by atoms with Crippen LogP contribution in [0, 0.1) is 5.82 Å². The number of hydrogen-bond acceptors (Lipinski definition) is 3. The highest BCUT2D eigenvalue weighted by atomic mass is 19.1. The lowest BCUT2D eigenvalue weighted by Gasteiger charge is -2.19. The van der Waals surface area contributed by atoms with E-state index in [0.717, 1.165) is 22.5 Å². The average Bonchev–Trinajstić information content (AvgIpc) is 2.48. The Morgan fingerprint density at radius 3 is 2.32 bits per heavy atom. The zero-order chi connectivity index (χ0) is 16.3. The Balaban J connectivity index is 2.72. The molecular weight excluding hydrogens is 277 g/mol. The van der Waals surface area contributed by atoms with Gasteiger partial charge in [0.05, 0.1) is 11.4 Å². The maximum atomic E-state index is 13.2. The molecule has 0 N–H and O–H groups in total. The van der Waals surface area contributed by atoms with Gasteiger partial charge in [0.15, 0.2) is 0 Å². The van der Waals surface area contributed by atoms with Crippen molar-refractivity contribution in [3.8, 4) is 11.3 Å². The first kappa shape index (κ1) is 16.1. The molecule has 4 heteroatoms. The first-order valence-corrected chi connectivity index (χ1v) is 7.39. The molecule has 1 heterocycles. The molecule has 22 heavy (non-hydrogen) atoms. The Labute approximate surface area is 131 Å².